The molecule has 1 fully saturated rings. The van der Waals surface area contributed by atoms with E-state index >= 15 is 0 Å². The van der Waals surface area contributed by atoms with Crippen LogP contribution in [0.5, 0.6) is 11.5 Å². The molecule has 5 nitrogen and oxygen atoms in total. The second-order valence-corrected chi connectivity index (χ2v) is 8.20. The normalized spacial score (nSPS) is 22.0. The maximum absolute atomic E-state index is 5.62. The van der Waals surface area contributed by atoms with E-state index < -0.39 is 0 Å². The van der Waals surface area contributed by atoms with Gasteiger partial charge in [0.25, 0.3) is 0 Å². The minimum Gasteiger partial charge on any atom is -0.497 e. The van der Waals surface area contributed by atoms with Gasteiger partial charge in [-0.3, -0.25) is 0 Å². The number of ether oxygens (including phenoxy) is 2. The van der Waals surface area contributed by atoms with Gasteiger partial charge in [-0.25, -0.2) is 10.9 Å². The molecule has 0 aromatic heterocycles. The standard InChI is InChI=1S/C26H29N3O2/c1-3-31-20-13-11-19(12-14-20)25-23-17-29(16-18-7-6-8-21(15-18)30-2)24-10-5-4-9-22(24)26(23)28-27-25/h4-15,23,25-28H,3,16-17H2,1-2H3. The number of benzene rings is 3. The summed E-state index contributed by atoms with van der Waals surface area (Å²) < 4.78 is 11.1. The molecule has 0 saturated carbocycles. The van der Waals surface area contributed by atoms with E-state index in [1.54, 1.807) is 7.11 Å². The van der Waals surface area contributed by atoms with Crippen molar-refractivity contribution in [2.45, 2.75) is 25.6 Å². The van der Waals surface area contributed by atoms with Crippen LogP contribution in [0, 0.1) is 5.92 Å². The lowest BCUT2D eigenvalue weighted by molar-refractivity contribution is 0.339. The van der Waals surface area contributed by atoms with E-state index in [0.717, 1.165) is 24.6 Å². The predicted octanol–water partition coefficient (Wildman–Crippen LogP) is 4.62. The Labute approximate surface area is 184 Å². The van der Waals surface area contributed by atoms with Gasteiger partial charge in [0, 0.05) is 24.7 Å². The van der Waals surface area contributed by atoms with Gasteiger partial charge in [-0.1, -0.05) is 42.5 Å². The van der Waals surface area contributed by atoms with Crippen LogP contribution in [0.4, 0.5) is 5.69 Å². The fraction of sp³-hybridized carbons (Fsp3) is 0.308. The minimum atomic E-state index is 0.238. The average Bonchev–Trinajstić information content (AvgIpc) is 3.24. The minimum absolute atomic E-state index is 0.238. The maximum Gasteiger partial charge on any atom is 0.119 e. The van der Waals surface area contributed by atoms with Crippen LogP contribution >= 0.6 is 0 Å². The van der Waals surface area contributed by atoms with Crippen LogP contribution < -0.4 is 25.2 Å². The van der Waals surface area contributed by atoms with Crippen LogP contribution in [0.2, 0.25) is 0 Å². The van der Waals surface area contributed by atoms with Crippen molar-refractivity contribution in [1.29, 1.82) is 0 Å². The number of nitrogens with one attached hydrogen (secondary N) is 2. The Kier molecular flexibility index (Phi) is 5.53. The van der Waals surface area contributed by atoms with Gasteiger partial charge in [0.1, 0.15) is 11.5 Å². The van der Waals surface area contributed by atoms with Crippen LogP contribution in [-0.2, 0) is 6.54 Å². The number of nitrogens with zero attached hydrogens (tertiary/aromatic N) is 1. The van der Waals surface area contributed by atoms with E-state index in [4.69, 9.17) is 9.47 Å². The van der Waals surface area contributed by atoms with E-state index in [1.807, 2.05) is 13.0 Å². The number of hydrogen-bond donors (Lipinski definition) is 2. The Hall–Kier alpha value is -3.02. The van der Waals surface area contributed by atoms with Crippen LogP contribution in [0.3, 0.4) is 0 Å². The fourth-order valence-corrected chi connectivity index (χ4v) is 4.91. The topological polar surface area (TPSA) is 45.8 Å². The van der Waals surface area contributed by atoms with Crippen molar-refractivity contribution < 1.29 is 9.47 Å². The van der Waals surface area contributed by atoms with Crippen LogP contribution in [0.25, 0.3) is 0 Å². The molecular formula is C26H29N3O2. The van der Waals surface area contributed by atoms with Crippen LogP contribution in [-0.4, -0.2) is 20.3 Å². The summed E-state index contributed by atoms with van der Waals surface area (Å²) in [5, 5.41) is 0. The Bertz CT molecular complexity index is 1040. The zero-order chi connectivity index (χ0) is 21.2. The quantitative estimate of drug-likeness (QED) is 0.615. The molecule has 5 rings (SSSR count). The van der Waals surface area contributed by atoms with E-state index in [-0.39, 0.29) is 12.1 Å². The Balaban J connectivity index is 1.44. The highest BCUT2D eigenvalue weighted by atomic mass is 16.5. The summed E-state index contributed by atoms with van der Waals surface area (Å²) in [5.41, 5.74) is 12.3. The van der Waals surface area contributed by atoms with Gasteiger partial charge in [0.05, 0.1) is 25.8 Å². The number of anilines is 1. The second-order valence-electron chi connectivity index (χ2n) is 8.20. The zero-order valence-electron chi connectivity index (χ0n) is 18.0. The number of methoxy groups -OCH3 is 1. The monoisotopic (exact) mass is 415 g/mol. The molecule has 0 radical (unpaired) electrons. The first-order valence-electron chi connectivity index (χ1n) is 11.0. The van der Waals surface area contributed by atoms with Crippen molar-refractivity contribution in [1.82, 2.24) is 10.9 Å². The summed E-state index contributed by atoms with van der Waals surface area (Å²) in [4.78, 5) is 2.50. The highest BCUT2D eigenvalue weighted by molar-refractivity contribution is 5.58. The van der Waals surface area contributed by atoms with E-state index in [2.05, 4.69) is 82.5 Å². The highest BCUT2D eigenvalue weighted by Crippen LogP contribution is 2.45. The molecule has 2 aliphatic heterocycles. The number of para-hydroxylation sites is 1. The molecule has 2 aliphatic rings. The van der Waals surface area contributed by atoms with Gasteiger partial charge in [0.15, 0.2) is 0 Å². The summed E-state index contributed by atoms with van der Waals surface area (Å²) >= 11 is 0. The van der Waals surface area contributed by atoms with Crippen molar-refractivity contribution >= 4 is 5.69 Å². The molecule has 3 unspecified atom stereocenters. The molecule has 5 heteroatoms. The fourth-order valence-electron chi connectivity index (χ4n) is 4.91. The third kappa shape index (κ3) is 3.87. The average molecular weight is 416 g/mol. The zero-order valence-corrected chi connectivity index (χ0v) is 18.0. The summed E-state index contributed by atoms with van der Waals surface area (Å²) in [6.45, 7) is 4.52. The largest absolute Gasteiger partial charge is 0.497 e. The third-order valence-corrected chi connectivity index (χ3v) is 6.35. The highest BCUT2D eigenvalue weighted by Gasteiger charge is 2.43. The lowest BCUT2D eigenvalue weighted by Gasteiger charge is -2.39. The molecule has 3 atom stereocenters. The summed E-state index contributed by atoms with van der Waals surface area (Å²) in [6, 6.07) is 26.1. The van der Waals surface area contributed by atoms with E-state index in [9.17, 15) is 0 Å². The maximum atomic E-state index is 5.62. The van der Waals surface area contributed by atoms with Crippen molar-refractivity contribution in [3.05, 3.63) is 89.5 Å². The van der Waals surface area contributed by atoms with Gasteiger partial charge in [-0.05, 0) is 53.9 Å². The molecule has 0 amide bonds. The molecular weight excluding hydrogens is 386 g/mol. The molecule has 2 heterocycles. The van der Waals surface area contributed by atoms with Crippen LogP contribution in [0.15, 0.2) is 72.8 Å². The van der Waals surface area contributed by atoms with Crippen molar-refractivity contribution in [3.63, 3.8) is 0 Å². The molecule has 1 saturated heterocycles. The van der Waals surface area contributed by atoms with Crippen molar-refractivity contribution in [3.8, 4) is 11.5 Å². The van der Waals surface area contributed by atoms with Crippen LogP contribution in [0.1, 0.15) is 35.7 Å². The van der Waals surface area contributed by atoms with Gasteiger partial charge >= 0.3 is 0 Å². The third-order valence-electron chi connectivity index (χ3n) is 6.35. The Morgan fingerprint density at radius 3 is 2.52 bits per heavy atom. The van der Waals surface area contributed by atoms with Gasteiger partial charge in [-0.15, -0.1) is 0 Å². The predicted molar refractivity (Wildman–Crippen MR) is 123 cm³/mol. The van der Waals surface area contributed by atoms with Gasteiger partial charge < -0.3 is 14.4 Å². The number of hydrogen-bond acceptors (Lipinski definition) is 5. The number of hydrazine groups is 1. The molecule has 0 bridgehead atoms. The number of rotatable bonds is 6. The lowest BCUT2D eigenvalue weighted by Crippen LogP contribution is -2.39. The first-order chi connectivity index (χ1) is 15.3. The summed E-state index contributed by atoms with van der Waals surface area (Å²) in [7, 11) is 1.72. The second kappa shape index (κ2) is 8.61. The summed E-state index contributed by atoms with van der Waals surface area (Å²) in [5.74, 6) is 2.23. The molecule has 3 aromatic rings. The van der Waals surface area contributed by atoms with E-state index in [1.165, 1.54) is 22.4 Å². The Morgan fingerprint density at radius 2 is 1.71 bits per heavy atom. The first-order valence-corrected chi connectivity index (χ1v) is 11.0. The van der Waals surface area contributed by atoms with Gasteiger partial charge in [-0.2, -0.15) is 0 Å². The first kappa shape index (κ1) is 19.9. The molecule has 2 N–H and O–H groups in total. The lowest BCUT2D eigenvalue weighted by atomic mass is 9.82. The number of fused-ring (bicyclic) bond motifs is 3. The molecule has 160 valence electrons. The van der Waals surface area contributed by atoms with Crippen molar-refractivity contribution in [2.75, 3.05) is 25.2 Å². The molecule has 0 aliphatic carbocycles. The molecule has 0 spiro atoms. The van der Waals surface area contributed by atoms with Crippen molar-refractivity contribution in [2.24, 2.45) is 5.92 Å². The smallest absolute Gasteiger partial charge is 0.119 e. The molecule has 3 aromatic carbocycles. The van der Waals surface area contributed by atoms with Gasteiger partial charge in [0.2, 0.25) is 0 Å². The van der Waals surface area contributed by atoms with E-state index in [0.29, 0.717) is 12.5 Å². The molecule has 31 heavy (non-hydrogen) atoms. The summed E-state index contributed by atoms with van der Waals surface area (Å²) in [6.07, 6.45) is 0. The Morgan fingerprint density at radius 1 is 0.903 bits per heavy atom. The SMILES string of the molecule is CCOc1ccc(C2NNC3c4ccccc4N(Cc4cccc(OC)c4)CC23)cc1.